The molecule has 2 atom stereocenters. The molecule has 19 heavy (non-hydrogen) atoms. The smallest absolute Gasteiger partial charge is 0.0867 e. The average Bonchev–Trinajstić information content (AvgIpc) is 2.42. The van der Waals surface area contributed by atoms with E-state index in [4.69, 9.17) is 4.74 Å². The number of rotatable bonds is 8. The highest BCUT2D eigenvalue weighted by Crippen LogP contribution is 2.21. The summed E-state index contributed by atoms with van der Waals surface area (Å²) in [6, 6.07) is 8.82. The summed E-state index contributed by atoms with van der Waals surface area (Å²) < 4.78 is 5.39. The van der Waals surface area contributed by atoms with E-state index < -0.39 is 6.10 Å². The first kappa shape index (κ1) is 16.5. The van der Waals surface area contributed by atoms with Gasteiger partial charge in [-0.3, -0.25) is 0 Å². The quantitative estimate of drug-likeness (QED) is 0.720. The normalized spacial score (nSPS) is 14.6. The van der Waals surface area contributed by atoms with Gasteiger partial charge in [-0.2, -0.15) is 0 Å². The second kappa shape index (κ2) is 8.59. The Labute approximate surface area is 120 Å². The summed E-state index contributed by atoms with van der Waals surface area (Å²) in [7, 11) is 1.96. The molecule has 0 bridgehead atoms. The highest BCUT2D eigenvalue weighted by Gasteiger charge is 2.07. The third-order valence-corrected chi connectivity index (χ3v) is 4.03. The van der Waals surface area contributed by atoms with Crippen LogP contribution in [0.4, 0.5) is 0 Å². The van der Waals surface area contributed by atoms with Crippen LogP contribution in [-0.4, -0.2) is 36.7 Å². The second-order valence-corrected chi connectivity index (χ2v) is 6.02. The van der Waals surface area contributed by atoms with Crippen LogP contribution in [0.25, 0.3) is 0 Å². The maximum Gasteiger partial charge on any atom is 0.0867 e. The lowest BCUT2D eigenvalue weighted by molar-refractivity contribution is 0.0152. The van der Waals surface area contributed by atoms with Gasteiger partial charge in [0.1, 0.15) is 0 Å². The molecule has 0 aliphatic heterocycles. The van der Waals surface area contributed by atoms with Gasteiger partial charge in [-0.25, -0.2) is 0 Å². The van der Waals surface area contributed by atoms with Crippen molar-refractivity contribution in [2.45, 2.75) is 43.9 Å². The highest BCUT2D eigenvalue weighted by molar-refractivity contribution is 7.99. The molecule has 0 amide bonds. The van der Waals surface area contributed by atoms with Crippen LogP contribution in [-0.2, 0) is 4.74 Å². The molecule has 0 saturated carbocycles. The zero-order valence-corrected chi connectivity index (χ0v) is 13.0. The summed E-state index contributed by atoms with van der Waals surface area (Å²) >= 11 is 1.66. The largest absolute Gasteiger partial charge is 0.390 e. The Kier molecular flexibility index (Phi) is 7.46. The summed E-state index contributed by atoms with van der Waals surface area (Å²) in [4.78, 5) is 1.18. The highest BCUT2D eigenvalue weighted by atomic mass is 32.2. The predicted octanol–water partition coefficient (Wildman–Crippen LogP) is 2.85. The molecule has 2 N–H and O–H groups in total. The van der Waals surface area contributed by atoms with Gasteiger partial charge in [-0.15, -0.1) is 11.8 Å². The Hall–Kier alpha value is -0.550. The zero-order valence-electron chi connectivity index (χ0n) is 12.2. The van der Waals surface area contributed by atoms with E-state index in [1.807, 2.05) is 20.9 Å². The van der Waals surface area contributed by atoms with E-state index in [1.165, 1.54) is 10.5 Å². The van der Waals surface area contributed by atoms with Crippen LogP contribution in [0.5, 0.6) is 0 Å². The van der Waals surface area contributed by atoms with Gasteiger partial charge in [0.05, 0.1) is 18.8 Å². The van der Waals surface area contributed by atoms with Gasteiger partial charge < -0.3 is 15.2 Å². The maximum atomic E-state index is 9.78. The first-order valence-electron chi connectivity index (χ1n) is 6.72. The van der Waals surface area contributed by atoms with Crippen LogP contribution in [0.15, 0.2) is 29.2 Å². The Morgan fingerprint density at radius 3 is 2.37 bits per heavy atom. The van der Waals surface area contributed by atoms with E-state index in [1.54, 1.807) is 11.8 Å². The van der Waals surface area contributed by atoms with Crippen LogP contribution >= 0.6 is 11.8 Å². The van der Waals surface area contributed by atoms with Gasteiger partial charge in [0.25, 0.3) is 0 Å². The van der Waals surface area contributed by atoms with Gasteiger partial charge >= 0.3 is 0 Å². The Morgan fingerprint density at radius 2 is 1.84 bits per heavy atom. The summed E-state index contributed by atoms with van der Waals surface area (Å²) in [5.41, 5.74) is 1.27. The predicted molar refractivity (Wildman–Crippen MR) is 81.7 cm³/mol. The van der Waals surface area contributed by atoms with Gasteiger partial charge in [0.2, 0.25) is 0 Å². The molecule has 0 saturated heterocycles. The number of aliphatic hydroxyl groups is 1. The minimum Gasteiger partial charge on any atom is -0.390 e. The molecule has 3 nitrogen and oxygen atoms in total. The molecule has 1 rings (SSSR count). The number of ether oxygens (including phenoxy) is 1. The lowest BCUT2D eigenvalue weighted by Crippen LogP contribution is -2.20. The van der Waals surface area contributed by atoms with Crippen molar-refractivity contribution in [2.75, 3.05) is 19.4 Å². The molecule has 0 heterocycles. The first-order chi connectivity index (χ1) is 9.02. The van der Waals surface area contributed by atoms with Gasteiger partial charge in [0.15, 0.2) is 0 Å². The molecule has 2 unspecified atom stereocenters. The molecular formula is C15H25NO2S. The number of nitrogens with one attached hydrogen (secondary N) is 1. The number of benzene rings is 1. The van der Waals surface area contributed by atoms with E-state index in [0.29, 0.717) is 18.4 Å². The molecule has 4 heteroatoms. The molecule has 0 aromatic heterocycles. The summed E-state index contributed by atoms with van der Waals surface area (Å²) in [5, 5.41) is 13.0. The van der Waals surface area contributed by atoms with Gasteiger partial charge in [0, 0.05) is 16.7 Å². The number of thioether (sulfide) groups is 1. The number of hydrogen-bond acceptors (Lipinski definition) is 4. The minimum absolute atomic E-state index is 0.168. The third-order valence-electron chi connectivity index (χ3n) is 2.88. The zero-order chi connectivity index (χ0) is 14.3. The van der Waals surface area contributed by atoms with Crippen LogP contribution in [0.1, 0.15) is 32.4 Å². The number of aliphatic hydroxyl groups excluding tert-OH is 1. The summed E-state index contributed by atoms with van der Waals surface area (Å²) in [5.74, 6) is 0.660. The molecule has 0 fully saturated rings. The average molecular weight is 283 g/mol. The monoisotopic (exact) mass is 283 g/mol. The molecule has 108 valence electrons. The molecule has 1 aromatic rings. The van der Waals surface area contributed by atoms with Crippen molar-refractivity contribution < 1.29 is 9.84 Å². The van der Waals surface area contributed by atoms with E-state index >= 15 is 0 Å². The van der Waals surface area contributed by atoms with Gasteiger partial charge in [-0.1, -0.05) is 12.1 Å². The lowest BCUT2D eigenvalue weighted by Gasteiger charge is -2.14. The van der Waals surface area contributed by atoms with Crippen molar-refractivity contribution >= 4 is 11.8 Å². The van der Waals surface area contributed by atoms with Crippen LogP contribution in [0, 0.1) is 0 Å². The van der Waals surface area contributed by atoms with E-state index in [9.17, 15) is 5.11 Å². The molecule has 0 aliphatic rings. The summed E-state index contributed by atoms with van der Waals surface area (Å²) in [6.45, 7) is 6.48. The SMILES string of the molecule is CNC(C)c1ccc(SCC(O)COC(C)C)cc1. The van der Waals surface area contributed by atoms with Crippen molar-refractivity contribution in [3.8, 4) is 0 Å². The van der Waals surface area contributed by atoms with E-state index in [2.05, 4.69) is 36.5 Å². The van der Waals surface area contributed by atoms with Crippen LogP contribution in [0.2, 0.25) is 0 Å². The Balaban J connectivity index is 2.37. The topological polar surface area (TPSA) is 41.5 Å². The van der Waals surface area contributed by atoms with Crippen molar-refractivity contribution in [1.29, 1.82) is 0 Å². The van der Waals surface area contributed by atoms with E-state index in [-0.39, 0.29) is 6.10 Å². The third kappa shape index (κ3) is 6.43. The van der Waals surface area contributed by atoms with Crippen molar-refractivity contribution in [3.05, 3.63) is 29.8 Å². The van der Waals surface area contributed by atoms with Crippen molar-refractivity contribution in [1.82, 2.24) is 5.32 Å². The van der Waals surface area contributed by atoms with Crippen molar-refractivity contribution in [3.63, 3.8) is 0 Å². The van der Waals surface area contributed by atoms with Gasteiger partial charge in [-0.05, 0) is 45.5 Å². The fourth-order valence-electron chi connectivity index (χ4n) is 1.56. The maximum absolute atomic E-state index is 9.78. The molecule has 0 radical (unpaired) electrons. The lowest BCUT2D eigenvalue weighted by atomic mass is 10.1. The molecule has 0 aliphatic carbocycles. The second-order valence-electron chi connectivity index (χ2n) is 4.93. The first-order valence-corrected chi connectivity index (χ1v) is 7.71. The summed E-state index contributed by atoms with van der Waals surface area (Å²) in [6.07, 6.45) is -0.245. The minimum atomic E-state index is -0.414. The molecule has 0 spiro atoms. The molecular weight excluding hydrogens is 258 g/mol. The van der Waals surface area contributed by atoms with E-state index in [0.717, 1.165) is 0 Å². The van der Waals surface area contributed by atoms with Crippen LogP contribution in [0.3, 0.4) is 0 Å². The standard InChI is InChI=1S/C15H25NO2S/c1-11(2)18-9-14(17)10-19-15-7-5-13(6-8-15)12(3)16-4/h5-8,11-12,14,16-17H,9-10H2,1-4H3. The Bertz CT molecular complexity index is 354. The fraction of sp³-hybridized carbons (Fsp3) is 0.600. The van der Waals surface area contributed by atoms with Crippen molar-refractivity contribution in [2.24, 2.45) is 0 Å². The fourth-order valence-corrected chi connectivity index (χ4v) is 2.37. The Morgan fingerprint density at radius 1 is 1.21 bits per heavy atom. The van der Waals surface area contributed by atoms with Crippen LogP contribution < -0.4 is 5.32 Å². The number of hydrogen-bond donors (Lipinski definition) is 2. The molecule has 1 aromatic carbocycles.